The third-order valence-electron chi connectivity index (χ3n) is 0.679. The first-order chi connectivity index (χ1) is 4.79. The van der Waals surface area contributed by atoms with E-state index in [1.165, 1.54) is 6.33 Å². The van der Waals surface area contributed by atoms with Crippen LogP contribution in [-0.4, -0.2) is 21.9 Å². The van der Waals surface area contributed by atoms with E-state index in [4.69, 9.17) is 10.5 Å². The SMILES string of the molecule is NC(=O)COc1ncns1. The molecule has 0 aliphatic heterocycles. The summed E-state index contributed by atoms with van der Waals surface area (Å²) in [4.78, 5) is 13.8. The van der Waals surface area contributed by atoms with Crippen LogP contribution >= 0.6 is 11.5 Å². The number of nitrogens with zero attached hydrogens (tertiary/aromatic N) is 2. The van der Waals surface area contributed by atoms with Crippen molar-refractivity contribution in [2.75, 3.05) is 6.61 Å². The molecule has 0 spiro atoms. The zero-order chi connectivity index (χ0) is 7.40. The van der Waals surface area contributed by atoms with Gasteiger partial charge in [-0.3, -0.25) is 4.79 Å². The number of hydrogen-bond donors (Lipinski definition) is 1. The highest BCUT2D eigenvalue weighted by atomic mass is 32.1. The number of carbonyl (C=O) groups excluding carboxylic acids is 1. The second-order valence-corrected chi connectivity index (χ2v) is 2.20. The average molecular weight is 159 g/mol. The lowest BCUT2D eigenvalue weighted by atomic mass is 10.7. The van der Waals surface area contributed by atoms with Crippen molar-refractivity contribution in [2.24, 2.45) is 5.73 Å². The molecule has 54 valence electrons. The highest BCUT2D eigenvalue weighted by molar-refractivity contribution is 7.07. The van der Waals surface area contributed by atoms with Gasteiger partial charge in [0.1, 0.15) is 6.33 Å². The molecule has 0 saturated heterocycles. The third kappa shape index (κ3) is 1.98. The zero-order valence-electron chi connectivity index (χ0n) is 4.98. The van der Waals surface area contributed by atoms with Gasteiger partial charge in [0.25, 0.3) is 11.1 Å². The Bertz CT molecular complexity index is 210. The number of rotatable bonds is 3. The molecule has 0 radical (unpaired) electrons. The molecule has 1 amide bonds. The molecular formula is C4H5N3O2S. The Hall–Kier alpha value is -1.17. The van der Waals surface area contributed by atoms with E-state index in [9.17, 15) is 4.79 Å². The molecule has 0 bridgehead atoms. The van der Waals surface area contributed by atoms with Gasteiger partial charge < -0.3 is 10.5 Å². The van der Waals surface area contributed by atoms with Crippen LogP contribution in [0.15, 0.2) is 6.33 Å². The van der Waals surface area contributed by atoms with Gasteiger partial charge in [-0.15, -0.1) is 0 Å². The van der Waals surface area contributed by atoms with E-state index in [0.717, 1.165) is 11.5 Å². The second kappa shape index (κ2) is 3.11. The molecule has 0 unspecified atom stereocenters. The molecule has 6 heteroatoms. The van der Waals surface area contributed by atoms with Gasteiger partial charge in [0.15, 0.2) is 6.61 Å². The van der Waals surface area contributed by atoms with Crippen molar-refractivity contribution in [1.29, 1.82) is 0 Å². The predicted octanol–water partition coefficient (Wildman–Crippen LogP) is -0.598. The van der Waals surface area contributed by atoms with Crippen molar-refractivity contribution in [3.63, 3.8) is 0 Å². The third-order valence-corrected chi connectivity index (χ3v) is 1.26. The van der Waals surface area contributed by atoms with E-state index in [1.54, 1.807) is 0 Å². The lowest BCUT2D eigenvalue weighted by molar-refractivity contribution is -0.119. The van der Waals surface area contributed by atoms with E-state index >= 15 is 0 Å². The molecule has 1 heterocycles. The number of carbonyl (C=O) groups is 1. The lowest BCUT2D eigenvalue weighted by Crippen LogP contribution is -2.19. The molecular weight excluding hydrogens is 154 g/mol. The van der Waals surface area contributed by atoms with Gasteiger partial charge in [-0.2, -0.15) is 9.36 Å². The minimum absolute atomic E-state index is 0.144. The average Bonchev–Trinajstić information content (AvgIpc) is 2.34. The topological polar surface area (TPSA) is 78.1 Å². The Morgan fingerprint density at radius 3 is 3.20 bits per heavy atom. The second-order valence-electron chi connectivity index (χ2n) is 1.46. The molecule has 2 N–H and O–H groups in total. The normalized spacial score (nSPS) is 9.20. The Morgan fingerprint density at radius 1 is 1.90 bits per heavy atom. The first kappa shape index (κ1) is 6.94. The fraction of sp³-hybridized carbons (Fsp3) is 0.250. The largest absolute Gasteiger partial charge is 0.459 e. The molecule has 0 aliphatic carbocycles. The summed E-state index contributed by atoms with van der Waals surface area (Å²) in [6.45, 7) is -0.144. The van der Waals surface area contributed by atoms with Crippen LogP contribution in [0.4, 0.5) is 0 Å². The van der Waals surface area contributed by atoms with E-state index in [2.05, 4.69) is 9.36 Å². The summed E-state index contributed by atoms with van der Waals surface area (Å²) >= 11 is 1.07. The van der Waals surface area contributed by atoms with Crippen LogP contribution in [-0.2, 0) is 4.79 Å². The molecule has 1 aromatic heterocycles. The molecule has 1 aromatic rings. The van der Waals surface area contributed by atoms with Crippen LogP contribution < -0.4 is 10.5 Å². The van der Waals surface area contributed by atoms with Crippen molar-refractivity contribution in [3.05, 3.63) is 6.33 Å². The van der Waals surface area contributed by atoms with Gasteiger partial charge in [-0.25, -0.2) is 0 Å². The first-order valence-corrected chi connectivity index (χ1v) is 3.24. The number of aromatic nitrogens is 2. The van der Waals surface area contributed by atoms with Gasteiger partial charge in [-0.05, 0) is 0 Å². The summed E-state index contributed by atoms with van der Waals surface area (Å²) in [6.07, 6.45) is 1.35. The number of amides is 1. The van der Waals surface area contributed by atoms with Crippen molar-refractivity contribution in [3.8, 4) is 5.19 Å². The minimum atomic E-state index is -0.518. The minimum Gasteiger partial charge on any atom is -0.459 e. The monoisotopic (exact) mass is 159 g/mol. The van der Waals surface area contributed by atoms with Crippen LogP contribution in [0.5, 0.6) is 5.19 Å². The van der Waals surface area contributed by atoms with Crippen LogP contribution in [0.1, 0.15) is 0 Å². The Kier molecular flexibility index (Phi) is 2.16. The molecule has 1 rings (SSSR count). The van der Waals surface area contributed by atoms with Gasteiger partial charge >= 0.3 is 0 Å². The van der Waals surface area contributed by atoms with Crippen molar-refractivity contribution < 1.29 is 9.53 Å². The smallest absolute Gasteiger partial charge is 0.293 e. The zero-order valence-corrected chi connectivity index (χ0v) is 5.80. The summed E-state index contributed by atoms with van der Waals surface area (Å²) < 4.78 is 8.43. The molecule has 5 nitrogen and oxygen atoms in total. The summed E-state index contributed by atoms with van der Waals surface area (Å²) in [7, 11) is 0. The van der Waals surface area contributed by atoms with E-state index in [0.29, 0.717) is 5.19 Å². The Labute approximate surface area is 61.0 Å². The molecule has 0 fully saturated rings. The van der Waals surface area contributed by atoms with E-state index in [-0.39, 0.29) is 6.61 Å². The summed E-state index contributed by atoms with van der Waals surface area (Å²) in [5, 5.41) is 0.360. The van der Waals surface area contributed by atoms with E-state index in [1.807, 2.05) is 0 Å². The van der Waals surface area contributed by atoms with Crippen molar-refractivity contribution in [1.82, 2.24) is 9.36 Å². The fourth-order valence-corrected chi connectivity index (χ4v) is 0.750. The van der Waals surface area contributed by atoms with Crippen molar-refractivity contribution >= 4 is 17.4 Å². The summed E-state index contributed by atoms with van der Waals surface area (Å²) in [5.74, 6) is -0.518. The standard InChI is InChI=1S/C4H5N3O2S/c5-3(8)1-9-4-6-2-7-10-4/h2H,1H2,(H2,5,8). The quantitative estimate of drug-likeness (QED) is 0.638. The van der Waals surface area contributed by atoms with Gasteiger partial charge in [0.2, 0.25) is 0 Å². The van der Waals surface area contributed by atoms with Crippen LogP contribution in [0.3, 0.4) is 0 Å². The van der Waals surface area contributed by atoms with Crippen LogP contribution in [0.2, 0.25) is 0 Å². The highest BCUT2D eigenvalue weighted by Gasteiger charge is 1.98. The number of primary amides is 1. The van der Waals surface area contributed by atoms with Gasteiger partial charge in [0, 0.05) is 11.5 Å². The number of ether oxygens (including phenoxy) is 1. The highest BCUT2D eigenvalue weighted by Crippen LogP contribution is 2.08. The molecule has 0 aliphatic rings. The number of nitrogens with two attached hydrogens (primary N) is 1. The van der Waals surface area contributed by atoms with E-state index < -0.39 is 5.91 Å². The Balaban J connectivity index is 2.35. The van der Waals surface area contributed by atoms with Crippen LogP contribution in [0, 0.1) is 0 Å². The summed E-state index contributed by atoms with van der Waals surface area (Å²) in [5.41, 5.74) is 4.80. The summed E-state index contributed by atoms with van der Waals surface area (Å²) in [6, 6.07) is 0. The fourth-order valence-electron chi connectivity index (χ4n) is 0.359. The van der Waals surface area contributed by atoms with Gasteiger partial charge in [-0.1, -0.05) is 0 Å². The van der Waals surface area contributed by atoms with Crippen LogP contribution in [0.25, 0.3) is 0 Å². The lowest BCUT2D eigenvalue weighted by Gasteiger charge is -1.94. The molecule has 0 aromatic carbocycles. The maximum Gasteiger partial charge on any atom is 0.293 e. The Morgan fingerprint density at radius 2 is 2.70 bits per heavy atom. The molecule has 0 atom stereocenters. The number of hydrogen-bond acceptors (Lipinski definition) is 5. The molecule has 0 saturated carbocycles. The first-order valence-electron chi connectivity index (χ1n) is 2.47. The maximum atomic E-state index is 10.1. The predicted molar refractivity (Wildman–Crippen MR) is 34.6 cm³/mol. The van der Waals surface area contributed by atoms with Crippen molar-refractivity contribution in [2.45, 2.75) is 0 Å². The maximum absolute atomic E-state index is 10.1. The van der Waals surface area contributed by atoms with Gasteiger partial charge in [0.05, 0.1) is 0 Å². The molecule has 10 heavy (non-hydrogen) atoms.